The number of halogens is 3. The Bertz CT molecular complexity index is 2140. The molecule has 64 heavy (non-hydrogen) atoms. The van der Waals surface area contributed by atoms with Gasteiger partial charge in [0, 0.05) is 63.7 Å². The quantitative estimate of drug-likeness (QED) is 0.215. The van der Waals surface area contributed by atoms with Gasteiger partial charge < -0.3 is 34.1 Å². The Hall–Kier alpha value is -5.98. The molecule has 4 aliphatic rings. The first-order valence-corrected chi connectivity index (χ1v) is 20.6. The third kappa shape index (κ3) is 13.5. The van der Waals surface area contributed by atoms with Gasteiger partial charge in [0.15, 0.2) is 5.78 Å². The summed E-state index contributed by atoms with van der Waals surface area (Å²) in [6, 6.07) is 25.9. The van der Waals surface area contributed by atoms with Crippen molar-refractivity contribution in [2.45, 2.75) is 19.1 Å². The normalized spacial score (nSPS) is 15.9. The number of ether oxygens (including phenoxy) is 4. The molecule has 0 bridgehead atoms. The fraction of sp³-hybridized carbons (Fsp3) is 0.370. The monoisotopic (exact) mass is 906 g/mol. The van der Waals surface area contributed by atoms with E-state index >= 15 is 0 Å². The molecular formula is C46H53ClF2N6O9. The average Bonchev–Trinajstić information content (AvgIpc) is 3.30. The summed E-state index contributed by atoms with van der Waals surface area (Å²) in [5, 5.41) is 3.22. The highest BCUT2D eigenvalue weighted by Gasteiger charge is 2.32. The Balaban J connectivity index is 0.000000215. The van der Waals surface area contributed by atoms with E-state index in [0.29, 0.717) is 81.0 Å². The van der Waals surface area contributed by atoms with Gasteiger partial charge in [0.25, 0.3) is 0 Å². The number of amides is 4. The van der Waals surface area contributed by atoms with E-state index in [9.17, 15) is 32.8 Å². The summed E-state index contributed by atoms with van der Waals surface area (Å²) in [7, 11) is 2.67. The average molecular weight is 907 g/mol. The topological polar surface area (TPSA) is 150 Å². The van der Waals surface area contributed by atoms with E-state index in [1.54, 1.807) is 87.5 Å². The van der Waals surface area contributed by atoms with Crippen LogP contribution in [0.5, 0.6) is 0 Å². The number of benzene rings is 4. The predicted octanol–water partition coefficient (Wildman–Crippen LogP) is 5.41. The van der Waals surface area contributed by atoms with E-state index in [1.165, 1.54) is 38.5 Å². The van der Waals surface area contributed by atoms with Crippen molar-refractivity contribution in [2.24, 2.45) is 0 Å². The highest BCUT2D eigenvalue weighted by molar-refractivity contribution is 5.93. The van der Waals surface area contributed by atoms with Gasteiger partial charge in [-0.3, -0.25) is 19.5 Å². The fourth-order valence-electron chi connectivity index (χ4n) is 6.97. The molecule has 4 aliphatic heterocycles. The number of Topliss-reactive ketones (excluding diaryl/α,β-unsaturated/α-hetero) is 1. The minimum Gasteiger partial charge on any atom is -0.465 e. The van der Waals surface area contributed by atoms with E-state index in [2.05, 4.69) is 15.0 Å². The third-order valence-corrected chi connectivity index (χ3v) is 10.8. The van der Waals surface area contributed by atoms with Crippen LogP contribution in [-0.2, 0) is 36.8 Å². The van der Waals surface area contributed by atoms with Gasteiger partial charge in [-0.25, -0.2) is 28.0 Å². The summed E-state index contributed by atoms with van der Waals surface area (Å²) in [5.74, 6) is -1.31. The molecule has 15 nitrogen and oxygen atoms in total. The van der Waals surface area contributed by atoms with Crippen LogP contribution in [0.15, 0.2) is 97.1 Å². The molecule has 4 aromatic carbocycles. The molecule has 0 aromatic heterocycles. The van der Waals surface area contributed by atoms with Gasteiger partial charge in [0.1, 0.15) is 24.8 Å². The Kier molecular flexibility index (Phi) is 18.5. The number of urea groups is 2. The second-order valence-electron chi connectivity index (χ2n) is 15.1. The lowest BCUT2D eigenvalue weighted by Gasteiger charge is -2.43. The molecule has 342 valence electrons. The molecule has 0 atom stereocenters. The van der Waals surface area contributed by atoms with E-state index < -0.39 is 11.9 Å². The first-order valence-electron chi connectivity index (χ1n) is 20.6. The molecule has 4 heterocycles. The minimum atomic E-state index is -0.409. The van der Waals surface area contributed by atoms with Crippen LogP contribution in [0.3, 0.4) is 0 Å². The molecule has 0 saturated carbocycles. The number of anilines is 2. The summed E-state index contributed by atoms with van der Waals surface area (Å²) >= 11 is 0. The standard InChI is InChI=1S/C23H26FN3O4.C20H22FN3O3.C3H4O2.ClH/c1-30-22(28)18-4-2-17(3-5-18)14-27(20-8-6-19(24)7-9-20)23(29)26-12-10-25(11-13-26)21-15-31-16-21;1-27-19(25)16-4-2-15(3-5-16)14-24(18-8-6-17(21)7-9-18)20(26)23-12-10-22-11-13-23;4-3-1-5-2-3;/h2-9,21H,10-16H2,1H3;2-9,22H,10-14H2,1H3;1-2H2;1H. The zero-order valence-corrected chi connectivity index (χ0v) is 36.6. The zero-order chi connectivity index (χ0) is 44.7. The van der Waals surface area contributed by atoms with Gasteiger partial charge in [0.2, 0.25) is 0 Å². The van der Waals surface area contributed by atoms with E-state index in [1.807, 2.05) is 4.90 Å². The smallest absolute Gasteiger partial charge is 0.337 e. The number of rotatable bonds is 9. The summed E-state index contributed by atoms with van der Waals surface area (Å²) in [6.45, 7) is 8.47. The van der Waals surface area contributed by atoms with Crippen molar-refractivity contribution < 1.29 is 51.7 Å². The van der Waals surface area contributed by atoms with Crippen LogP contribution in [0.4, 0.5) is 29.7 Å². The van der Waals surface area contributed by atoms with Gasteiger partial charge in [-0.2, -0.15) is 0 Å². The summed E-state index contributed by atoms with van der Waals surface area (Å²) in [4.78, 5) is 68.8. The molecule has 0 unspecified atom stereocenters. The maximum atomic E-state index is 13.5. The van der Waals surface area contributed by atoms with Gasteiger partial charge in [-0.05, 0) is 83.9 Å². The molecule has 0 spiro atoms. The van der Waals surface area contributed by atoms with Gasteiger partial charge in [-0.1, -0.05) is 24.3 Å². The maximum absolute atomic E-state index is 13.5. The van der Waals surface area contributed by atoms with Crippen LogP contribution in [-0.4, -0.2) is 144 Å². The first-order chi connectivity index (χ1) is 30.5. The van der Waals surface area contributed by atoms with Gasteiger partial charge in [0.05, 0.1) is 57.7 Å². The molecule has 18 heteroatoms. The lowest BCUT2D eigenvalue weighted by Crippen LogP contribution is -2.59. The minimum absolute atomic E-state index is 0. The number of nitrogens with zero attached hydrogens (tertiary/aromatic N) is 5. The van der Waals surface area contributed by atoms with Crippen LogP contribution < -0.4 is 15.1 Å². The number of esters is 2. The van der Waals surface area contributed by atoms with Crippen LogP contribution in [0.25, 0.3) is 0 Å². The van der Waals surface area contributed by atoms with Crippen LogP contribution in [0.1, 0.15) is 31.8 Å². The molecule has 0 aliphatic carbocycles. The third-order valence-electron chi connectivity index (χ3n) is 10.8. The van der Waals surface area contributed by atoms with E-state index in [0.717, 1.165) is 50.5 Å². The van der Waals surface area contributed by atoms with Crippen molar-refractivity contribution in [3.05, 3.63) is 131 Å². The number of hydrogen-bond acceptors (Lipinski definition) is 11. The van der Waals surface area contributed by atoms with Gasteiger partial charge in [-0.15, -0.1) is 12.4 Å². The lowest BCUT2D eigenvalue weighted by molar-refractivity contribution is -0.140. The molecule has 4 aromatic rings. The highest BCUT2D eigenvalue weighted by Crippen LogP contribution is 2.23. The number of ketones is 1. The zero-order valence-electron chi connectivity index (χ0n) is 35.8. The largest absolute Gasteiger partial charge is 0.465 e. The van der Waals surface area contributed by atoms with Crippen molar-refractivity contribution in [3.8, 4) is 0 Å². The fourth-order valence-corrected chi connectivity index (χ4v) is 6.97. The van der Waals surface area contributed by atoms with E-state index in [4.69, 9.17) is 14.2 Å². The van der Waals surface area contributed by atoms with Crippen molar-refractivity contribution in [1.29, 1.82) is 0 Å². The molecule has 4 saturated heterocycles. The lowest BCUT2D eigenvalue weighted by atomic mass is 10.1. The van der Waals surface area contributed by atoms with Crippen LogP contribution in [0, 0.1) is 11.6 Å². The Labute approximate surface area is 377 Å². The number of carbonyl (C=O) groups is 5. The first kappa shape index (κ1) is 49.0. The molecule has 8 rings (SSSR count). The molecule has 1 N–H and O–H groups in total. The summed E-state index contributed by atoms with van der Waals surface area (Å²) in [6.07, 6.45) is 0. The summed E-state index contributed by atoms with van der Waals surface area (Å²) in [5.41, 5.74) is 3.85. The molecule has 4 amide bonds. The number of nitrogens with one attached hydrogen (secondary N) is 1. The van der Waals surface area contributed by atoms with Gasteiger partial charge >= 0.3 is 24.0 Å². The number of methoxy groups -OCH3 is 2. The molecular weight excluding hydrogens is 854 g/mol. The van der Waals surface area contributed by atoms with E-state index in [-0.39, 0.29) is 41.9 Å². The predicted molar refractivity (Wildman–Crippen MR) is 237 cm³/mol. The number of piperazine rings is 2. The van der Waals surface area contributed by atoms with Crippen molar-refractivity contribution >= 4 is 53.6 Å². The maximum Gasteiger partial charge on any atom is 0.337 e. The van der Waals surface area contributed by atoms with Crippen LogP contribution in [0.2, 0.25) is 0 Å². The Morgan fingerprint density at radius 2 is 1.00 bits per heavy atom. The van der Waals surface area contributed by atoms with Crippen molar-refractivity contribution in [3.63, 3.8) is 0 Å². The Morgan fingerprint density at radius 3 is 1.33 bits per heavy atom. The van der Waals surface area contributed by atoms with Crippen molar-refractivity contribution in [2.75, 3.05) is 103 Å². The second-order valence-corrected chi connectivity index (χ2v) is 15.1. The number of carbonyl (C=O) groups excluding carboxylic acids is 5. The van der Waals surface area contributed by atoms with Crippen molar-refractivity contribution in [1.82, 2.24) is 20.0 Å². The Morgan fingerprint density at radius 1 is 0.609 bits per heavy atom. The molecule has 4 fully saturated rings. The SMILES string of the molecule is COC(=O)c1ccc(CN(C(=O)N2CCN(C3COC3)CC2)c2ccc(F)cc2)cc1.COC(=O)c1ccc(CN(C(=O)N2CCNCC2)c2ccc(F)cc2)cc1.Cl.O=C1COC1. The molecule has 0 radical (unpaired) electrons. The summed E-state index contributed by atoms with van der Waals surface area (Å²) < 4.78 is 46.0. The number of hydrogen-bond donors (Lipinski definition) is 1. The van der Waals surface area contributed by atoms with Crippen LogP contribution >= 0.6 is 12.4 Å². The highest BCUT2D eigenvalue weighted by atomic mass is 35.5. The second kappa shape index (κ2) is 24.2.